The van der Waals surface area contributed by atoms with Gasteiger partial charge in [-0.2, -0.15) is 0 Å². The lowest BCUT2D eigenvalue weighted by Gasteiger charge is -2.26. The summed E-state index contributed by atoms with van der Waals surface area (Å²) in [6.07, 6.45) is 0. The summed E-state index contributed by atoms with van der Waals surface area (Å²) in [5.41, 5.74) is 6.86. The van der Waals surface area contributed by atoms with Gasteiger partial charge in [0.05, 0.1) is 12.6 Å². The first-order chi connectivity index (χ1) is 10.5. The van der Waals surface area contributed by atoms with E-state index in [1.807, 2.05) is 0 Å². The van der Waals surface area contributed by atoms with Gasteiger partial charge in [0.25, 0.3) is 5.91 Å². The Morgan fingerprint density at radius 1 is 1.36 bits per heavy atom. The molecule has 7 nitrogen and oxygen atoms in total. The van der Waals surface area contributed by atoms with E-state index < -0.39 is 6.04 Å². The Labute approximate surface area is 128 Å². The standard InChI is InChI=1S/C15H20N4O3/c1-10(16)14(21)18-8-11-2-4-12(5-3-11)15(22)19-7-6-17-13(20)9-19/h2-5,10H,6-9,16H2,1H3,(H,17,20)(H,18,21)/t10-/m1/s1. The van der Waals surface area contributed by atoms with Crippen LogP contribution in [0.5, 0.6) is 0 Å². The molecular formula is C15H20N4O3. The number of hydrogen-bond acceptors (Lipinski definition) is 4. The van der Waals surface area contributed by atoms with Crippen molar-refractivity contribution in [3.05, 3.63) is 35.4 Å². The Morgan fingerprint density at radius 3 is 2.64 bits per heavy atom. The van der Waals surface area contributed by atoms with E-state index in [0.29, 0.717) is 25.2 Å². The molecule has 0 aromatic heterocycles. The first-order valence-corrected chi connectivity index (χ1v) is 7.15. The smallest absolute Gasteiger partial charge is 0.254 e. The minimum atomic E-state index is -0.550. The van der Waals surface area contributed by atoms with E-state index in [2.05, 4.69) is 10.6 Å². The second-order valence-corrected chi connectivity index (χ2v) is 5.28. The van der Waals surface area contributed by atoms with Crippen molar-refractivity contribution in [1.82, 2.24) is 15.5 Å². The lowest BCUT2D eigenvalue weighted by atomic mass is 10.1. The van der Waals surface area contributed by atoms with Crippen LogP contribution in [0.4, 0.5) is 0 Å². The summed E-state index contributed by atoms with van der Waals surface area (Å²) in [7, 11) is 0. The number of nitrogens with one attached hydrogen (secondary N) is 2. The molecule has 0 spiro atoms. The highest BCUT2D eigenvalue weighted by molar-refractivity contribution is 5.97. The van der Waals surface area contributed by atoms with Gasteiger partial charge in [0.15, 0.2) is 0 Å². The highest BCUT2D eigenvalue weighted by Gasteiger charge is 2.22. The quantitative estimate of drug-likeness (QED) is 0.679. The van der Waals surface area contributed by atoms with Gasteiger partial charge >= 0.3 is 0 Å². The van der Waals surface area contributed by atoms with Crippen LogP contribution in [0.1, 0.15) is 22.8 Å². The van der Waals surface area contributed by atoms with Gasteiger partial charge < -0.3 is 21.3 Å². The van der Waals surface area contributed by atoms with Gasteiger partial charge in [-0.3, -0.25) is 14.4 Å². The fourth-order valence-electron chi connectivity index (χ4n) is 2.11. The topological polar surface area (TPSA) is 105 Å². The van der Waals surface area contributed by atoms with Crippen LogP contribution >= 0.6 is 0 Å². The van der Waals surface area contributed by atoms with Crippen LogP contribution in [0.25, 0.3) is 0 Å². The van der Waals surface area contributed by atoms with Crippen molar-refractivity contribution < 1.29 is 14.4 Å². The third-order valence-corrected chi connectivity index (χ3v) is 3.41. The van der Waals surface area contributed by atoms with Gasteiger partial charge in [-0.1, -0.05) is 12.1 Å². The monoisotopic (exact) mass is 304 g/mol. The molecule has 0 saturated carbocycles. The zero-order valence-electron chi connectivity index (χ0n) is 12.5. The maximum absolute atomic E-state index is 12.3. The minimum absolute atomic E-state index is 0.0883. The van der Waals surface area contributed by atoms with Crippen LogP contribution in [-0.2, 0) is 16.1 Å². The number of benzene rings is 1. The van der Waals surface area contributed by atoms with E-state index >= 15 is 0 Å². The van der Waals surface area contributed by atoms with E-state index in [9.17, 15) is 14.4 Å². The average molecular weight is 304 g/mol. The van der Waals surface area contributed by atoms with Gasteiger partial charge in [-0.25, -0.2) is 0 Å². The molecule has 1 heterocycles. The highest BCUT2D eigenvalue weighted by atomic mass is 16.2. The predicted octanol–water partition coefficient (Wildman–Crippen LogP) is -0.778. The Hall–Kier alpha value is -2.41. The van der Waals surface area contributed by atoms with Crippen molar-refractivity contribution in [2.75, 3.05) is 19.6 Å². The fourth-order valence-corrected chi connectivity index (χ4v) is 2.11. The van der Waals surface area contributed by atoms with E-state index in [1.54, 1.807) is 31.2 Å². The van der Waals surface area contributed by atoms with E-state index in [4.69, 9.17) is 5.73 Å². The lowest BCUT2D eigenvalue weighted by Crippen LogP contribution is -2.49. The van der Waals surface area contributed by atoms with Crippen LogP contribution in [0, 0.1) is 0 Å². The number of nitrogens with zero attached hydrogens (tertiary/aromatic N) is 1. The molecule has 1 aromatic carbocycles. The molecule has 1 saturated heterocycles. The lowest BCUT2D eigenvalue weighted by molar-refractivity contribution is -0.123. The maximum atomic E-state index is 12.3. The van der Waals surface area contributed by atoms with Gasteiger partial charge in [0.1, 0.15) is 0 Å². The molecule has 1 aliphatic heterocycles. The van der Waals surface area contributed by atoms with E-state index in [0.717, 1.165) is 5.56 Å². The number of carbonyl (C=O) groups is 3. The molecule has 0 aliphatic carbocycles. The van der Waals surface area contributed by atoms with Crippen LogP contribution in [0.2, 0.25) is 0 Å². The number of rotatable bonds is 4. The molecular weight excluding hydrogens is 284 g/mol. The molecule has 4 N–H and O–H groups in total. The predicted molar refractivity (Wildman–Crippen MR) is 80.9 cm³/mol. The normalized spacial score (nSPS) is 15.9. The number of carbonyl (C=O) groups excluding carboxylic acids is 3. The molecule has 118 valence electrons. The summed E-state index contributed by atoms with van der Waals surface area (Å²) in [6.45, 7) is 3.06. The zero-order valence-corrected chi connectivity index (χ0v) is 12.5. The molecule has 0 unspecified atom stereocenters. The summed E-state index contributed by atoms with van der Waals surface area (Å²) in [6, 6.07) is 6.40. The molecule has 7 heteroatoms. The second-order valence-electron chi connectivity index (χ2n) is 5.28. The van der Waals surface area contributed by atoms with Gasteiger partial charge in [-0.15, -0.1) is 0 Å². The minimum Gasteiger partial charge on any atom is -0.353 e. The van der Waals surface area contributed by atoms with Gasteiger partial charge in [-0.05, 0) is 24.6 Å². The number of piperazine rings is 1. The van der Waals surface area contributed by atoms with E-state index in [1.165, 1.54) is 4.90 Å². The summed E-state index contributed by atoms with van der Waals surface area (Å²) in [4.78, 5) is 36.5. The Kier molecular flexibility index (Phi) is 5.11. The third kappa shape index (κ3) is 4.05. The molecule has 3 amide bonds. The molecule has 22 heavy (non-hydrogen) atoms. The SMILES string of the molecule is C[C@@H](N)C(=O)NCc1ccc(C(=O)N2CCNC(=O)C2)cc1. The largest absolute Gasteiger partial charge is 0.353 e. The van der Waals surface area contributed by atoms with Crippen molar-refractivity contribution in [3.8, 4) is 0 Å². The van der Waals surface area contributed by atoms with Gasteiger partial charge in [0.2, 0.25) is 11.8 Å². The number of hydrogen-bond donors (Lipinski definition) is 3. The Bertz CT molecular complexity index is 569. The highest BCUT2D eigenvalue weighted by Crippen LogP contribution is 2.09. The summed E-state index contributed by atoms with van der Waals surface area (Å²) >= 11 is 0. The van der Waals surface area contributed by atoms with Crippen LogP contribution in [0.3, 0.4) is 0 Å². The Balaban J connectivity index is 1.95. The molecule has 1 aromatic rings. The van der Waals surface area contributed by atoms with Crippen molar-refractivity contribution >= 4 is 17.7 Å². The first kappa shape index (κ1) is 16.0. The van der Waals surface area contributed by atoms with Crippen LogP contribution < -0.4 is 16.4 Å². The van der Waals surface area contributed by atoms with E-state index in [-0.39, 0.29) is 24.3 Å². The average Bonchev–Trinajstić information content (AvgIpc) is 2.52. The van der Waals surface area contributed by atoms with Crippen molar-refractivity contribution in [1.29, 1.82) is 0 Å². The molecule has 2 rings (SSSR count). The third-order valence-electron chi connectivity index (χ3n) is 3.41. The fraction of sp³-hybridized carbons (Fsp3) is 0.400. The van der Waals surface area contributed by atoms with Crippen molar-refractivity contribution in [2.24, 2.45) is 5.73 Å². The van der Waals surface area contributed by atoms with Crippen molar-refractivity contribution in [3.63, 3.8) is 0 Å². The first-order valence-electron chi connectivity index (χ1n) is 7.15. The number of nitrogens with two attached hydrogens (primary N) is 1. The maximum Gasteiger partial charge on any atom is 0.254 e. The summed E-state index contributed by atoms with van der Waals surface area (Å²) in [5, 5.41) is 5.38. The molecule has 1 fully saturated rings. The number of amides is 3. The van der Waals surface area contributed by atoms with Crippen LogP contribution in [-0.4, -0.2) is 48.3 Å². The summed E-state index contributed by atoms with van der Waals surface area (Å²) < 4.78 is 0. The second kappa shape index (κ2) is 7.04. The van der Waals surface area contributed by atoms with Gasteiger partial charge in [0, 0.05) is 25.2 Å². The molecule has 1 aliphatic rings. The van der Waals surface area contributed by atoms with Crippen LogP contribution in [0.15, 0.2) is 24.3 Å². The molecule has 0 bridgehead atoms. The summed E-state index contributed by atoms with van der Waals surface area (Å²) in [5.74, 6) is -0.532. The molecule has 1 atom stereocenters. The Morgan fingerprint density at radius 2 is 2.05 bits per heavy atom. The molecule has 0 radical (unpaired) electrons. The zero-order chi connectivity index (χ0) is 16.1. The van der Waals surface area contributed by atoms with Crippen molar-refractivity contribution in [2.45, 2.75) is 19.5 Å².